The second-order valence-electron chi connectivity index (χ2n) is 2.73. The molecule has 0 amide bonds. The first-order valence-corrected chi connectivity index (χ1v) is 5.25. The Morgan fingerprint density at radius 2 is 2.00 bits per heavy atom. The molecule has 0 atom stereocenters. The zero-order valence-electron chi connectivity index (χ0n) is 7.20. The topological polar surface area (TPSA) is 23.8 Å². The van der Waals surface area contributed by atoms with Gasteiger partial charge in [0, 0.05) is 5.33 Å². The lowest BCUT2D eigenvalue weighted by molar-refractivity contribution is -0.138. The standard InChI is InChI=1S/C9H4BrClF3N/c10-3-5-2-8(11)6(4-15)1-7(5)9(12,13)14/h1-2H,3H2. The molecule has 0 aromatic heterocycles. The van der Waals surface area contributed by atoms with Crippen molar-refractivity contribution in [3.8, 4) is 6.07 Å². The zero-order valence-corrected chi connectivity index (χ0v) is 9.54. The molecule has 0 bridgehead atoms. The Hall–Kier alpha value is -0.730. The highest BCUT2D eigenvalue weighted by molar-refractivity contribution is 9.08. The Bertz CT molecular complexity index is 423. The monoisotopic (exact) mass is 297 g/mol. The number of rotatable bonds is 1. The van der Waals surface area contributed by atoms with Gasteiger partial charge in [-0.2, -0.15) is 18.4 Å². The number of benzene rings is 1. The molecule has 0 N–H and O–H groups in total. The molecular weight excluding hydrogens is 294 g/mol. The van der Waals surface area contributed by atoms with Crippen LogP contribution in [-0.2, 0) is 11.5 Å². The molecule has 0 fully saturated rings. The fourth-order valence-electron chi connectivity index (χ4n) is 1.07. The Labute approximate surface area is 97.6 Å². The second-order valence-corrected chi connectivity index (χ2v) is 3.70. The van der Waals surface area contributed by atoms with Gasteiger partial charge in [-0.3, -0.25) is 0 Å². The Morgan fingerprint density at radius 1 is 1.40 bits per heavy atom. The average Bonchev–Trinajstić information content (AvgIpc) is 2.15. The Balaban J connectivity index is 3.44. The minimum atomic E-state index is -4.47. The van der Waals surface area contributed by atoms with Gasteiger partial charge in [0.2, 0.25) is 0 Å². The predicted octanol–water partition coefficient (Wildman–Crippen LogP) is 4.13. The highest BCUT2D eigenvalue weighted by atomic mass is 79.9. The molecule has 0 aliphatic rings. The molecule has 0 aliphatic carbocycles. The van der Waals surface area contributed by atoms with Gasteiger partial charge >= 0.3 is 6.18 Å². The van der Waals surface area contributed by atoms with E-state index in [1.54, 1.807) is 6.07 Å². The van der Waals surface area contributed by atoms with Crippen LogP contribution in [0.5, 0.6) is 0 Å². The molecule has 1 rings (SSSR count). The normalized spacial score (nSPS) is 11.2. The maximum Gasteiger partial charge on any atom is 0.416 e. The van der Waals surface area contributed by atoms with Crippen LogP contribution in [0.2, 0.25) is 5.02 Å². The quantitative estimate of drug-likeness (QED) is 0.715. The maximum atomic E-state index is 12.5. The summed E-state index contributed by atoms with van der Waals surface area (Å²) in [6.45, 7) is 0. The summed E-state index contributed by atoms with van der Waals surface area (Å²) in [7, 11) is 0. The van der Waals surface area contributed by atoms with E-state index >= 15 is 0 Å². The van der Waals surface area contributed by atoms with Gasteiger partial charge in [0.1, 0.15) is 6.07 Å². The Kier molecular flexibility index (Phi) is 3.63. The van der Waals surface area contributed by atoms with E-state index in [1.165, 1.54) is 0 Å². The van der Waals surface area contributed by atoms with Gasteiger partial charge in [0.05, 0.1) is 16.1 Å². The molecule has 0 heterocycles. The van der Waals surface area contributed by atoms with Gasteiger partial charge in [-0.25, -0.2) is 0 Å². The molecule has 0 radical (unpaired) electrons. The molecule has 1 aromatic carbocycles. The van der Waals surface area contributed by atoms with Crippen molar-refractivity contribution in [3.05, 3.63) is 33.8 Å². The second kappa shape index (κ2) is 4.42. The van der Waals surface area contributed by atoms with Gasteiger partial charge in [-0.1, -0.05) is 27.5 Å². The van der Waals surface area contributed by atoms with E-state index in [4.69, 9.17) is 16.9 Å². The fraction of sp³-hybridized carbons (Fsp3) is 0.222. The largest absolute Gasteiger partial charge is 0.416 e. The van der Waals surface area contributed by atoms with Gasteiger partial charge in [-0.05, 0) is 17.7 Å². The van der Waals surface area contributed by atoms with E-state index in [-0.39, 0.29) is 21.5 Å². The molecular formula is C9H4BrClF3N. The third-order valence-corrected chi connectivity index (χ3v) is 2.68. The smallest absolute Gasteiger partial charge is 0.192 e. The molecule has 1 nitrogen and oxygen atoms in total. The van der Waals surface area contributed by atoms with Crippen LogP contribution >= 0.6 is 27.5 Å². The number of alkyl halides is 4. The molecule has 0 saturated carbocycles. The van der Waals surface area contributed by atoms with Crippen molar-refractivity contribution in [2.24, 2.45) is 0 Å². The summed E-state index contributed by atoms with van der Waals surface area (Å²) in [5.74, 6) is 0. The van der Waals surface area contributed by atoms with Crippen LogP contribution in [0, 0.1) is 11.3 Å². The molecule has 0 spiro atoms. The lowest BCUT2D eigenvalue weighted by Crippen LogP contribution is -2.09. The van der Waals surface area contributed by atoms with Crippen LogP contribution in [0.1, 0.15) is 16.7 Å². The summed E-state index contributed by atoms with van der Waals surface area (Å²) in [5.41, 5.74) is -0.986. The Morgan fingerprint density at radius 3 is 2.40 bits per heavy atom. The van der Waals surface area contributed by atoms with Crippen molar-refractivity contribution < 1.29 is 13.2 Å². The first kappa shape index (κ1) is 12.3. The van der Waals surface area contributed by atoms with Crippen LogP contribution in [0.25, 0.3) is 0 Å². The van der Waals surface area contributed by atoms with Crippen LogP contribution in [0.4, 0.5) is 13.2 Å². The van der Waals surface area contributed by atoms with Crippen molar-refractivity contribution in [3.63, 3.8) is 0 Å². The van der Waals surface area contributed by atoms with E-state index in [1.807, 2.05) is 0 Å². The molecule has 6 heteroatoms. The third kappa shape index (κ3) is 2.64. The van der Waals surface area contributed by atoms with Gasteiger partial charge in [0.15, 0.2) is 0 Å². The van der Waals surface area contributed by atoms with Gasteiger partial charge in [0.25, 0.3) is 0 Å². The summed E-state index contributed by atoms with van der Waals surface area (Å²) in [4.78, 5) is 0. The average molecular weight is 298 g/mol. The van der Waals surface area contributed by atoms with E-state index in [0.29, 0.717) is 0 Å². The number of hydrogen-bond donors (Lipinski definition) is 0. The molecule has 0 saturated heterocycles. The van der Waals surface area contributed by atoms with E-state index in [9.17, 15) is 13.2 Å². The molecule has 80 valence electrons. The van der Waals surface area contributed by atoms with Gasteiger partial charge < -0.3 is 0 Å². The van der Waals surface area contributed by atoms with Crippen molar-refractivity contribution >= 4 is 27.5 Å². The van der Waals surface area contributed by atoms with Crippen molar-refractivity contribution in [1.82, 2.24) is 0 Å². The van der Waals surface area contributed by atoms with E-state index < -0.39 is 11.7 Å². The summed E-state index contributed by atoms with van der Waals surface area (Å²) >= 11 is 8.56. The zero-order chi connectivity index (χ0) is 11.6. The lowest BCUT2D eigenvalue weighted by atomic mass is 10.1. The minimum absolute atomic E-state index is 0.0199. The van der Waals surface area contributed by atoms with Crippen molar-refractivity contribution in [1.29, 1.82) is 5.26 Å². The third-order valence-electron chi connectivity index (χ3n) is 1.76. The van der Waals surface area contributed by atoms with E-state index in [2.05, 4.69) is 15.9 Å². The SMILES string of the molecule is N#Cc1cc(C(F)(F)F)c(CBr)cc1Cl. The molecule has 15 heavy (non-hydrogen) atoms. The molecule has 1 aromatic rings. The van der Waals surface area contributed by atoms with Gasteiger partial charge in [-0.15, -0.1) is 0 Å². The van der Waals surface area contributed by atoms with Crippen molar-refractivity contribution in [2.45, 2.75) is 11.5 Å². The van der Waals surface area contributed by atoms with Crippen LogP contribution < -0.4 is 0 Å². The number of halogens is 5. The summed E-state index contributed by atoms with van der Waals surface area (Å²) in [6.07, 6.45) is -4.47. The number of hydrogen-bond acceptors (Lipinski definition) is 1. The summed E-state index contributed by atoms with van der Waals surface area (Å²) < 4.78 is 37.5. The van der Waals surface area contributed by atoms with E-state index in [0.717, 1.165) is 12.1 Å². The van der Waals surface area contributed by atoms with Crippen LogP contribution in [0.15, 0.2) is 12.1 Å². The number of nitrogens with zero attached hydrogens (tertiary/aromatic N) is 1. The number of nitriles is 1. The summed E-state index contributed by atoms with van der Waals surface area (Å²) in [5, 5.41) is 8.62. The van der Waals surface area contributed by atoms with Crippen molar-refractivity contribution in [2.75, 3.05) is 0 Å². The predicted molar refractivity (Wildman–Crippen MR) is 53.8 cm³/mol. The van der Waals surface area contributed by atoms with Crippen LogP contribution in [-0.4, -0.2) is 0 Å². The minimum Gasteiger partial charge on any atom is -0.192 e. The molecule has 0 aliphatic heterocycles. The highest BCUT2D eigenvalue weighted by Crippen LogP contribution is 2.35. The summed E-state index contributed by atoms with van der Waals surface area (Å²) in [6, 6.07) is 3.53. The maximum absolute atomic E-state index is 12.5. The highest BCUT2D eigenvalue weighted by Gasteiger charge is 2.33. The lowest BCUT2D eigenvalue weighted by Gasteiger charge is -2.12. The molecule has 0 unspecified atom stereocenters. The van der Waals surface area contributed by atoms with Crippen LogP contribution in [0.3, 0.4) is 0 Å². The first-order chi connectivity index (χ1) is 6.90. The fourth-order valence-corrected chi connectivity index (χ4v) is 1.77. The first-order valence-electron chi connectivity index (χ1n) is 3.76.